The zero-order valence-electron chi connectivity index (χ0n) is 15.1. The van der Waals surface area contributed by atoms with E-state index in [-0.39, 0.29) is 0 Å². The van der Waals surface area contributed by atoms with Crippen molar-refractivity contribution in [2.24, 2.45) is 0 Å². The molecule has 1 N–H and O–H groups in total. The van der Waals surface area contributed by atoms with Gasteiger partial charge in [-0.3, -0.25) is 4.57 Å². The van der Waals surface area contributed by atoms with Crippen LogP contribution < -0.4 is 0 Å². The van der Waals surface area contributed by atoms with E-state index in [1.54, 1.807) is 0 Å². The minimum atomic E-state index is 0.952. The summed E-state index contributed by atoms with van der Waals surface area (Å²) in [5.41, 5.74) is 6.61. The Balaban J connectivity index is 1.65. The molecular weight excluding hydrogens is 342 g/mol. The second-order valence-electron chi connectivity index (χ2n) is 7.03. The van der Waals surface area contributed by atoms with Crippen LogP contribution in [-0.2, 0) is 0 Å². The third-order valence-corrected chi connectivity index (χ3v) is 5.34. The molecule has 0 saturated carbocycles. The average Bonchev–Trinajstić information content (AvgIpc) is 3.32. The molecule has 0 atom stereocenters. The number of rotatable bonds is 2. The van der Waals surface area contributed by atoms with Gasteiger partial charge in [0.25, 0.3) is 0 Å². The van der Waals surface area contributed by atoms with Crippen molar-refractivity contribution in [3.63, 3.8) is 0 Å². The maximum absolute atomic E-state index is 4.97. The second kappa shape index (κ2) is 5.83. The van der Waals surface area contributed by atoms with E-state index in [1.807, 2.05) is 12.1 Å². The Labute approximate surface area is 161 Å². The number of para-hydroxylation sites is 4. The van der Waals surface area contributed by atoms with E-state index in [2.05, 4.69) is 94.5 Å². The molecular formula is C25H17N3. The quantitative estimate of drug-likeness (QED) is 0.385. The van der Waals surface area contributed by atoms with E-state index in [4.69, 9.17) is 4.98 Å². The summed E-state index contributed by atoms with van der Waals surface area (Å²) in [5.74, 6) is 0.952. The van der Waals surface area contributed by atoms with Gasteiger partial charge in [0.2, 0.25) is 0 Å². The number of hydrogen-bond donors (Lipinski definition) is 1. The zero-order chi connectivity index (χ0) is 18.5. The lowest BCUT2D eigenvalue weighted by molar-refractivity contribution is 1.10. The molecule has 0 spiro atoms. The Bertz CT molecular complexity index is 1460. The summed E-state index contributed by atoms with van der Waals surface area (Å²) in [4.78, 5) is 8.51. The number of imidazole rings is 1. The van der Waals surface area contributed by atoms with Crippen LogP contribution in [0.5, 0.6) is 0 Å². The minimum Gasteiger partial charge on any atom is -0.354 e. The number of nitrogens with one attached hydrogen (secondary N) is 1. The number of benzene rings is 4. The lowest BCUT2D eigenvalue weighted by Crippen LogP contribution is -1.97. The molecule has 0 radical (unpaired) electrons. The Morgan fingerprint density at radius 2 is 1.39 bits per heavy atom. The Morgan fingerprint density at radius 3 is 2.32 bits per heavy atom. The largest absolute Gasteiger partial charge is 0.354 e. The Hall–Kier alpha value is -3.85. The van der Waals surface area contributed by atoms with E-state index in [1.165, 1.54) is 10.8 Å². The van der Waals surface area contributed by atoms with Gasteiger partial charge in [-0.2, -0.15) is 0 Å². The molecule has 4 aromatic carbocycles. The molecule has 0 aliphatic heterocycles. The third kappa shape index (κ3) is 2.20. The first-order valence-corrected chi connectivity index (χ1v) is 9.42. The van der Waals surface area contributed by atoms with Gasteiger partial charge in [0.05, 0.1) is 11.0 Å². The molecule has 3 heteroatoms. The van der Waals surface area contributed by atoms with Crippen LogP contribution in [0.2, 0.25) is 0 Å². The highest BCUT2D eigenvalue weighted by Crippen LogP contribution is 2.32. The molecule has 0 saturated heterocycles. The summed E-state index contributed by atoms with van der Waals surface area (Å²) in [7, 11) is 0. The number of hydrogen-bond acceptors (Lipinski definition) is 1. The Morgan fingerprint density at radius 1 is 0.643 bits per heavy atom. The summed E-state index contributed by atoms with van der Waals surface area (Å²) < 4.78 is 2.24. The fourth-order valence-electron chi connectivity index (χ4n) is 4.05. The highest BCUT2D eigenvalue weighted by atomic mass is 15.1. The van der Waals surface area contributed by atoms with E-state index in [0.29, 0.717) is 0 Å². The zero-order valence-corrected chi connectivity index (χ0v) is 15.1. The van der Waals surface area contributed by atoms with Gasteiger partial charge in [-0.15, -0.1) is 0 Å². The van der Waals surface area contributed by atoms with Crippen LogP contribution >= 0.6 is 0 Å². The molecule has 6 aromatic rings. The van der Waals surface area contributed by atoms with Gasteiger partial charge in [-0.1, -0.05) is 60.7 Å². The van der Waals surface area contributed by atoms with Crippen molar-refractivity contribution in [3.8, 4) is 17.1 Å². The molecule has 0 aliphatic carbocycles. The number of nitrogens with zero attached hydrogens (tertiary/aromatic N) is 2. The number of aromatic amines is 1. The summed E-state index contributed by atoms with van der Waals surface area (Å²) in [6.45, 7) is 0. The van der Waals surface area contributed by atoms with Crippen molar-refractivity contribution in [3.05, 3.63) is 97.1 Å². The van der Waals surface area contributed by atoms with E-state index < -0.39 is 0 Å². The molecule has 3 nitrogen and oxygen atoms in total. The van der Waals surface area contributed by atoms with E-state index in [9.17, 15) is 0 Å². The fraction of sp³-hybridized carbons (Fsp3) is 0. The average molecular weight is 359 g/mol. The van der Waals surface area contributed by atoms with Crippen molar-refractivity contribution < 1.29 is 0 Å². The molecule has 6 rings (SSSR count). The normalized spacial score (nSPS) is 11.6. The molecule has 0 bridgehead atoms. The van der Waals surface area contributed by atoms with Crippen molar-refractivity contribution in [2.75, 3.05) is 0 Å². The van der Waals surface area contributed by atoms with Gasteiger partial charge in [-0.05, 0) is 36.4 Å². The maximum atomic E-state index is 4.97. The van der Waals surface area contributed by atoms with Crippen LogP contribution in [0.3, 0.4) is 0 Å². The van der Waals surface area contributed by atoms with Gasteiger partial charge >= 0.3 is 0 Å². The SMILES string of the molecule is c1ccc(-n2c(-c3ccc4c(c3)[nH]c3ccccc34)nc3ccccc32)cc1. The molecule has 0 fully saturated rings. The van der Waals surface area contributed by atoms with Crippen molar-refractivity contribution >= 4 is 32.8 Å². The Kier molecular flexibility index (Phi) is 3.17. The lowest BCUT2D eigenvalue weighted by atomic mass is 10.1. The summed E-state index contributed by atoms with van der Waals surface area (Å²) in [6, 6.07) is 33.7. The monoisotopic (exact) mass is 359 g/mol. The van der Waals surface area contributed by atoms with Crippen LogP contribution in [0.15, 0.2) is 97.1 Å². The second-order valence-corrected chi connectivity index (χ2v) is 7.03. The first kappa shape index (κ1) is 15.2. The number of fused-ring (bicyclic) bond motifs is 4. The first-order chi connectivity index (χ1) is 13.9. The van der Waals surface area contributed by atoms with Crippen LogP contribution in [0.4, 0.5) is 0 Å². The van der Waals surface area contributed by atoms with Crippen molar-refractivity contribution in [1.29, 1.82) is 0 Å². The fourth-order valence-corrected chi connectivity index (χ4v) is 4.05. The minimum absolute atomic E-state index is 0.952. The molecule has 0 amide bonds. The summed E-state index contributed by atoms with van der Waals surface area (Å²) in [6.07, 6.45) is 0. The number of H-pyrrole nitrogens is 1. The van der Waals surface area contributed by atoms with E-state index >= 15 is 0 Å². The van der Waals surface area contributed by atoms with Gasteiger partial charge < -0.3 is 4.98 Å². The predicted octanol–water partition coefficient (Wildman–Crippen LogP) is 6.33. The maximum Gasteiger partial charge on any atom is 0.145 e. The summed E-state index contributed by atoms with van der Waals surface area (Å²) in [5, 5.41) is 2.49. The molecule has 0 aliphatic rings. The van der Waals surface area contributed by atoms with Gasteiger partial charge in [0, 0.05) is 33.1 Å². The third-order valence-electron chi connectivity index (χ3n) is 5.34. The highest BCUT2D eigenvalue weighted by molar-refractivity contribution is 6.08. The first-order valence-electron chi connectivity index (χ1n) is 9.42. The number of aromatic nitrogens is 3. The van der Waals surface area contributed by atoms with Gasteiger partial charge in [0.1, 0.15) is 5.82 Å². The van der Waals surface area contributed by atoms with Crippen molar-refractivity contribution in [2.45, 2.75) is 0 Å². The lowest BCUT2D eigenvalue weighted by Gasteiger charge is -2.09. The van der Waals surface area contributed by atoms with Gasteiger partial charge in [-0.25, -0.2) is 4.98 Å². The smallest absolute Gasteiger partial charge is 0.145 e. The standard InChI is InChI=1S/C25H17N3/c1-2-8-18(9-3-1)28-24-13-7-6-12-22(24)27-25(28)17-14-15-20-19-10-4-5-11-21(19)26-23(20)16-17/h1-16,26H. The molecule has 2 heterocycles. The predicted molar refractivity (Wildman–Crippen MR) is 116 cm³/mol. The van der Waals surface area contributed by atoms with Crippen LogP contribution in [0, 0.1) is 0 Å². The van der Waals surface area contributed by atoms with Crippen molar-refractivity contribution in [1.82, 2.24) is 14.5 Å². The van der Waals surface area contributed by atoms with E-state index in [0.717, 1.165) is 39.1 Å². The molecule has 28 heavy (non-hydrogen) atoms. The topological polar surface area (TPSA) is 33.6 Å². The molecule has 132 valence electrons. The molecule has 0 unspecified atom stereocenters. The van der Waals surface area contributed by atoms with Gasteiger partial charge in [0.15, 0.2) is 0 Å². The van der Waals surface area contributed by atoms with Crippen LogP contribution in [0.25, 0.3) is 49.9 Å². The molecule has 2 aromatic heterocycles. The summed E-state index contributed by atoms with van der Waals surface area (Å²) >= 11 is 0. The van der Waals surface area contributed by atoms with Crippen LogP contribution in [0.1, 0.15) is 0 Å². The highest BCUT2D eigenvalue weighted by Gasteiger charge is 2.15. The van der Waals surface area contributed by atoms with Crippen LogP contribution in [-0.4, -0.2) is 14.5 Å².